The van der Waals surface area contributed by atoms with Gasteiger partial charge in [-0.3, -0.25) is 0 Å². The molecule has 2 aromatic rings. The molecule has 0 saturated carbocycles. The van der Waals surface area contributed by atoms with Crippen LogP contribution in [0.4, 0.5) is 17.6 Å². The lowest BCUT2D eigenvalue weighted by molar-refractivity contribution is -0.144. The highest BCUT2D eigenvalue weighted by Gasteiger charge is 2.37. The number of imidazole rings is 1. The minimum Gasteiger partial charge on any atom is -0.464 e. The van der Waals surface area contributed by atoms with Crippen LogP contribution in [-0.4, -0.2) is 23.0 Å². The van der Waals surface area contributed by atoms with Crippen molar-refractivity contribution in [2.75, 3.05) is 7.11 Å². The van der Waals surface area contributed by atoms with E-state index in [0.717, 1.165) is 19.2 Å². The Morgan fingerprint density at radius 2 is 1.85 bits per heavy atom. The summed E-state index contributed by atoms with van der Waals surface area (Å²) in [6.07, 6.45) is -4.74. The molecule has 0 amide bonds. The van der Waals surface area contributed by atoms with Gasteiger partial charge in [-0.2, -0.15) is 13.2 Å². The summed E-state index contributed by atoms with van der Waals surface area (Å²) in [6, 6.07) is 4.58. The summed E-state index contributed by atoms with van der Waals surface area (Å²) in [6.45, 7) is 0. The van der Waals surface area contributed by atoms with Crippen molar-refractivity contribution in [3.8, 4) is 11.3 Å². The fraction of sp³-hybridized carbons (Fsp3) is 0.167. The molecule has 1 aromatic heterocycles. The molecule has 0 aliphatic rings. The molecule has 4 nitrogen and oxygen atoms in total. The first-order valence-electron chi connectivity index (χ1n) is 5.34. The largest absolute Gasteiger partial charge is 0.464 e. The Hall–Kier alpha value is -2.38. The monoisotopic (exact) mass is 288 g/mol. The molecule has 0 saturated heterocycles. The molecule has 0 radical (unpaired) electrons. The van der Waals surface area contributed by atoms with Gasteiger partial charge in [0.2, 0.25) is 5.82 Å². The second-order valence-corrected chi connectivity index (χ2v) is 3.81. The molecule has 0 spiro atoms. The van der Waals surface area contributed by atoms with Crippen LogP contribution in [0.25, 0.3) is 11.3 Å². The number of methoxy groups -OCH3 is 1. The molecule has 1 aromatic carbocycles. The van der Waals surface area contributed by atoms with Crippen LogP contribution in [0.15, 0.2) is 24.3 Å². The summed E-state index contributed by atoms with van der Waals surface area (Å²) in [7, 11) is 1.03. The third-order valence-electron chi connectivity index (χ3n) is 2.48. The standard InChI is InChI=1S/C12H8F4N2O2/c1-20-10(19)9-8(6-2-4-7(13)5-3-6)17-11(18-9)12(14,15)16/h2-5H,1H3,(H,17,18). The third kappa shape index (κ3) is 2.63. The number of benzene rings is 1. The van der Waals surface area contributed by atoms with Gasteiger partial charge in [-0.1, -0.05) is 0 Å². The topological polar surface area (TPSA) is 55.0 Å². The summed E-state index contributed by atoms with van der Waals surface area (Å²) in [5.41, 5.74) is -0.495. The van der Waals surface area contributed by atoms with Crippen molar-refractivity contribution in [3.05, 3.63) is 41.6 Å². The second kappa shape index (κ2) is 4.95. The number of nitrogens with one attached hydrogen (secondary N) is 1. The number of halogens is 4. The summed E-state index contributed by atoms with van der Waals surface area (Å²) >= 11 is 0. The highest BCUT2D eigenvalue weighted by Crippen LogP contribution is 2.31. The van der Waals surface area contributed by atoms with Gasteiger partial charge in [0, 0.05) is 5.56 Å². The quantitative estimate of drug-likeness (QED) is 0.682. The lowest BCUT2D eigenvalue weighted by atomic mass is 10.1. The van der Waals surface area contributed by atoms with E-state index in [1.165, 1.54) is 12.1 Å². The average molecular weight is 288 g/mol. The van der Waals surface area contributed by atoms with Crippen LogP contribution in [0, 0.1) is 5.82 Å². The number of carbonyl (C=O) groups is 1. The molecule has 0 atom stereocenters. The molecule has 1 heterocycles. The van der Waals surface area contributed by atoms with Gasteiger partial charge in [-0.05, 0) is 24.3 Å². The first kappa shape index (κ1) is 14.0. The predicted molar refractivity (Wildman–Crippen MR) is 60.3 cm³/mol. The summed E-state index contributed by atoms with van der Waals surface area (Å²) in [5.74, 6) is -2.89. The Morgan fingerprint density at radius 3 is 2.35 bits per heavy atom. The molecular formula is C12H8F4N2O2. The lowest BCUT2D eigenvalue weighted by Gasteiger charge is -2.01. The van der Waals surface area contributed by atoms with E-state index in [4.69, 9.17) is 0 Å². The molecule has 0 aliphatic heterocycles. The first-order valence-corrected chi connectivity index (χ1v) is 5.34. The van der Waals surface area contributed by atoms with Crippen LogP contribution in [0.1, 0.15) is 16.3 Å². The molecule has 106 valence electrons. The Kier molecular flexibility index (Phi) is 3.47. The van der Waals surface area contributed by atoms with Crippen LogP contribution >= 0.6 is 0 Å². The van der Waals surface area contributed by atoms with Gasteiger partial charge in [0.15, 0.2) is 5.69 Å². The predicted octanol–water partition coefficient (Wildman–Crippen LogP) is 3.02. The Labute approximate surface area is 110 Å². The van der Waals surface area contributed by atoms with E-state index in [9.17, 15) is 22.4 Å². The number of alkyl halides is 3. The van der Waals surface area contributed by atoms with Gasteiger partial charge in [-0.15, -0.1) is 0 Å². The summed E-state index contributed by atoms with van der Waals surface area (Å²) < 4.78 is 55.1. The Bertz CT molecular complexity index is 632. The maximum atomic E-state index is 12.8. The van der Waals surface area contributed by atoms with Crippen LogP contribution in [-0.2, 0) is 10.9 Å². The van der Waals surface area contributed by atoms with Crippen LogP contribution in [0.5, 0.6) is 0 Å². The van der Waals surface area contributed by atoms with Crippen molar-refractivity contribution in [2.45, 2.75) is 6.18 Å². The Balaban J connectivity index is 2.58. The number of hydrogen-bond donors (Lipinski definition) is 1. The minimum absolute atomic E-state index is 0.177. The van der Waals surface area contributed by atoms with E-state index >= 15 is 0 Å². The fourth-order valence-electron chi connectivity index (χ4n) is 1.58. The van der Waals surface area contributed by atoms with Crippen LogP contribution in [0.2, 0.25) is 0 Å². The molecule has 20 heavy (non-hydrogen) atoms. The van der Waals surface area contributed by atoms with Gasteiger partial charge in [0.1, 0.15) is 5.82 Å². The molecule has 8 heteroatoms. The van der Waals surface area contributed by atoms with E-state index in [1.807, 2.05) is 4.98 Å². The van der Waals surface area contributed by atoms with Gasteiger partial charge in [0.25, 0.3) is 0 Å². The van der Waals surface area contributed by atoms with Gasteiger partial charge in [0.05, 0.1) is 12.8 Å². The van der Waals surface area contributed by atoms with Crippen LogP contribution in [0.3, 0.4) is 0 Å². The zero-order chi connectivity index (χ0) is 14.9. The van der Waals surface area contributed by atoms with E-state index in [1.54, 1.807) is 0 Å². The lowest BCUT2D eigenvalue weighted by Crippen LogP contribution is -2.08. The fourth-order valence-corrected chi connectivity index (χ4v) is 1.58. The molecule has 0 bridgehead atoms. The number of hydrogen-bond acceptors (Lipinski definition) is 3. The molecular weight excluding hydrogens is 280 g/mol. The number of rotatable bonds is 2. The number of H-pyrrole nitrogens is 1. The smallest absolute Gasteiger partial charge is 0.449 e. The number of aromatic nitrogens is 2. The van der Waals surface area contributed by atoms with Crippen LogP contribution < -0.4 is 0 Å². The number of nitrogens with zero attached hydrogens (tertiary/aromatic N) is 1. The minimum atomic E-state index is -4.74. The van der Waals surface area contributed by atoms with Crippen molar-refractivity contribution >= 4 is 5.97 Å². The van der Waals surface area contributed by atoms with E-state index < -0.39 is 29.5 Å². The molecule has 1 N–H and O–H groups in total. The number of aromatic amines is 1. The zero-order valence-corrected chi connectivity index (χ0v) is 10.1. The maximum Gasteiger partial charge on any atom is 0.449 e. The van der Waals surface area contributed by atoms with Gasteiger partial charge >= 0.3 is 12.1 Å². The molecule has 0 fully saturated rings. The summed E-state index contributed by atoms with van der Waals surface area (Å²) in [5, 5.41) is 0. The third-order valence-corrected chi connectivity index (χ3v) is 2.48. The number of carbonyl (C=O) groups excluding carboxylic acids is 1. The van der Waals surface area contributed by atoms with Crippen molar-refractivity contribution in [1.82, 2.24) is 9.97 Å². The van der Waals surface area contributed by atoms with E-state index in [2.05, 4.69) is 9.72 Å². The van der Waals surface area contributed by atoms with E-state index in [0.29, 0.717) is 0 Å². The zero-order valence-electron chi connectivity index (χ0n) is 10.1. The molecule has 2 rings (SSSR count). The molecule has 0 aliphatic carbocycles. The van der Waals surface area contributed by atoms with Crippen molar-refractivity contribution < 1.29 is 27.1 Å². The normalized spacial score (nSPS) is 11.4. The second-order valence-electron chi connectivity index (χ2n) is 3.81. The SMILES string of the molecule is COC(=O)c1nc(C(F)(F)F)[nH]c1-c1ccc(F)cc1. The number of ether oxygens (including phenoxy) is 1. The average Bonchev–Trinajstić information content (AvgIpc) is 2.83. The van der Waals surface area contributed by atoms with Crippen molar-refractivity contribution in [1.29, 1.82) is 0 Å². The Morgan fingerprint density at radius 1 is 1.25 bits per heavy atom. The van der Waals surface area contributed by atoms with Crippen molar-refractivity contribution in [3.63, 3.8) is 0 Å². The first-order chi connectivity index (χ1) is 9.32. The number of esters is 1. The van der Waals surface area contributed by atoms with E-state index in [-0.39, 0.29) is 11.3 Å². The van der Waals surface area contributed by atoms with Gasteiger partial charge in [-0.25, -0.2) is 14.2 Å². The summed E-state index contributed by atoms with van der Waals surface area (Å²) in [4.78, 5) is 16.7. The maximum absolute atomic E-state index is 12.8. The van der Waals surface area contributed by atoms with Gasteiger partial charge < -0.3 is 9.72 Å². The highest BCUT2D eigenvalue weighted by molar-refractivity contribution is 5.94. The highest BCUT2D eigenvalue weighted by atomic mass is 19.4. The van der Waals surface area contributed by atoms with Crippen molar-refractivity contribution in [2.24, 2.45) is 0 Å². The molecule has 0 unspecified atom stereocenters.